The number of carbonyl (C=O) groups is 2. The highest BCUT2D eigenvalue weighted by molar-refractivity contribution is 6.02. The SMILES string of the molecule is CCCOc1ccc(CCC(=O)O)cc1NC(=O)/C=C/c1ccc(-c2ccccc2)cc1. The predicted molar refractivity (Wildman–Crippen MR) is 128 cm³/mol. The number of anilines is 1. The van der Waals surface area contributed by atoms with Gasteiger partial charge >= 0.3 is 5.97 Å². The van der Waals surface area contributed by atoms with Gasteiger partial charge in [0.2, 0.25) is 5.91 Å². The van der Waals surface area contributed by atoms with E-state index in [2.05, 4.69) is 17.4 Å². The molecule has 0 unspecified atom stereocenters. The smallest absolute Gasteiger partial charge is 0.303 e. The molecule has 0 fully saturated rings. The minimum Gasteiger partial charge on any atom is -0.491 e. The fourth-order valence-corrected chi connectivity index (χ4v) is 3.18. The van der Waals surface area contributed by atoms with E-state index in [-0.39, 0.29) is 12.3 Å². The van der Waals surface area contributed by atoms with E-state index in [1.807, 2.05) is 55.5 Å². The molecule has 3 aromatic rings. The Balaban J connectivity index is 1.69. The highest BCUT2D eigenvalue weighted by Gasteiger charge is 2.09. The van der Waals surface area contributed by atoms with Crippen LogP contribution in [-0.2, 0) is 16.0 Å². The molecule has 0 aliphatic heterocycles. The van der Waals surface area contributed by atoms with Crippen molar-refractivity contribution in [2.45, 2.75) is 26.2 Å². The van der Waals surface area contributed by atoms with Gasteiger partial charge < -0.3 is 15.2 Å². The first-order valence-corrected chi connectivity index (χ1v) is 10.7. The summed E-state index contributed by atoms with van der Waals surface area (Å²) < 4.78 is 5.73. The standard InChI is InChI=1S/C27H27NO4/c1-2-18-32-25-15-10-21(12-17-27(30)31)19-24(25)28-26(29)16-11-20-8-13-23(14-9-20)22-6-4-3-5-7-22/h3-11,13-16,19H,2,12,17-18H2,1H3,(H,28,29)(H,30,31)/b16-11+. The van der Waals surface area contributed by atoms with Crippen LogP contribution in [0.2, 0.25) is 0 Å². The first-order chi connectivity index (χ1) is 15.5. The number of hydrogen-bond donors (Lipinski definition) is 2. The van der Waals surface area contributed by atoms with Crippen LogP contribution in [-0.4, -0.2) is 23.6 Å². The summed E-state index contributed by atoms with van der Waals surface area (Å²) in [5.74, 6) is -0.572. The van der Waals surface area contributed by atoms with Crippen molar-refractivity contribution in [1.82, 2.24) is 0 Å². The molecule has 3 aromatic carbocycles. The average Bonchev–Trinajstić information content (AvgIpc) is 2.81. The number of rotatable bonds is 10. The average molecular weight is 430 g/mol. The summed E-state index contributed by atoms with van der Waals surface area (Å²) in [6.45, 7) is 2.53. The highest BCUT2D eigenvalue weighted by atomic mass is 16.5. The molecule has 5 heteroatoms. The molecule has 0 spiro atoms. The van der Waals surface area contributed by atoms with Crippen LogP contribution in [0.15, 0.2) is 78.9 Å². The van der Waals surface area contributed by atoms with Crippen molar-refractivity contribution in [3.05, 3.63) is 90.0 Å². The van der Waals surface area contributed by atoms with Gasteiger partial charge in [-0.15, -0.1) is 0 Å². The first kappa shape index (κ1) is 22.8. The van der Waals surface area contributed by atoms with Crippen molar-refractivity contribution >= 4 is 23.6 Å². The number of amides is 1. The first-order valence-electron chi connectivity index (χ1n) is 10.7. The minimum atomic E-state index is -0.858. The van der Waals surface area contributed by atoms with Crippen molar-refractivity contribution in [1.29, 1.82) is 0 Å². The Morgan fingerprint density at radius 2 is 1.69 bits per heavy atom. The Labute approximate surface area is 188 Å². The Hall–Kier alpha value is -3.86. The predicted octanol–water partition coefficient (Wildman–Crippen LogP) is 5.81. The van der Waals surface area contributed by atoms with E-state index in [9.17, 15) is 9.59 Å². The lowest BCUT2D eigenvalue weighted by Crippen LogP contribution is -2.10. The molecule has 0 bridgehead atoms. The van der Waals surface area contributed by atoms with Gasteiger partial charge in [0, 0.05) is 12.5 Å². The summed E-state index contributed by atoms with van der Waals surface area (Å²) in [4.78, 5) is 23.4. The summed E-state index contributed by atoms with van der Waals surface area (Å²) in [7, 11) is 0. The molecule has 3 rings (SSSR count). The van der Waals surface area contributed by atoms with E-state index in [1.54, 1.807) is 18.2 Å². The van der Waals surface area contributed by atoms with Gasteiger partial charge in [0.1, 0.15) is 5.75 Å². The molecule has 164 valence electrons. The third-order valence-corrected chi connectivity index (χ3v) is 4.84. The topological polar surface area (TPSA) is 75.6 Å². The highest BCUT2D eigenvalue weighted by Crippen LogP contribution is 2.27. The number of carbonyl (C=O) groups excluding carboxylic acids is 1. The summed E-state index contributed by atoms with van der Waals surface area (Å²) in [5.41, 5.74) is 4.53. The molecule has 1 amide bonds. The van der Waals surface area contributed by atoms with Crippen LogP contribution < -0.4 is 10.1 Å². The van der Waals surface area contributed by atoms with Crippen molar-refractivity contribution < 1.29 is 19.4 Å². The normalized spacial score (nSPS) is 10.8. The van der Waals surface area contributed by atoms with Crippen molar-refractivity contribution in [2.75, 3.05) is 11.9 Å². The van der Waals surface area contributed by atoms with E-state index in [4.69, 9.17) is 9.84 Å². The molecule has 2 N–H and O–H groups in total. The number of hydrogen-bond acceptors (Lipinski definition) is 3. The second kappa shape index (κ2) is 11.5. The third-order valence-electron chi connectivity index (χ3n) is 4.84. The van der Waals surface area contributed by atoms with E-state index >= 15 is 0 Å². The third kappa shape index (κ3) is 6.84. The van der Waals surface area contributed by atoms with Crippen molar-refractivity contribution in [3.8, 4) is 16.9 Å². The molecule has 0 saturated heterocycles. The second-order valence-electron chi connectivity index (χ2n) is 7.38. The molecule has 0 atom stereocenters. The van der Waals surface area contributed by atoms with Gasteiger partial charge in [-0.25, -0.2) is 0 Å². The number of aliphatic carboxylic acids is 1. The van der Waals surface area contributed by atoms with Gasteiger partial charge in [-0.3, -0.25) is 9.59 Å². The summed E-state index contributed by atoms with van der Waals surface area (Å²) in [5, 5.41) is 11.8. The lowest BCUT2D eigenvalue weighted by molar-refractivity contribution is -0.137. The van der Waals surface area contributed by atoms with Crippen LogP contribution in [0.1, 0.15) is 30.9 Å². The van der Waals surface area contributed by atoms with Crippen LogP contribution in [0.3, 0.4) is 0 Å². The quantitative estimate of drug-likeness (QED) is 0.399. The molecular weight excluding hydrogens is 402 g/mol. The zero-order valence-corrected chi connectivity index (χ0v) is 18.1. The Kier molecular flexibility index (Phi) is 8.21. The molecule has 0 aromatic heterocycles. The van der Waals surface area contributed by atoms with Crippen LogP contribution >= 0.6 is 0 Å². The maximum atomic E-state index is 12.5. The van der Waals surface area contributed by atoms with Crippen molar-refractivity contribution in [2.24, 2.45) is 0 Å². The maximum absolute atomic E-state index is 12.5. The number of carboxylic acid groups (broad SMARTS) is 1. The lowest BCUT2D eigenvalue weighted by Gasteiger charge is -2.13. The molecule has 0 radical (unpaired) electrons. The monoisotopic (exact) mass is 429 g/mol. The molecule has 5 nitrogen and oxygen atoms in total. The number of benzene rings is 3. The number of nitrogens with one attached hydrogen (secondary N) is 1. The van der Waals surface area contributed by atoms with Gasteiger partial charge in [-0.2, -0.15) is 0 Å². The Morgan fingerprint density at radius 3 is 2.38 bits per heavy atom. The minimum absolute atomic E-state index is 0.0292. The van der Waals surface area contributed by atoms with Crippen molar-refractivity contribution in [3.63, 3.8) is 0 Å². The lowest BCUT2D eigenvalue weighted by atomic mass is 10.0. The summed E-state index contributed by atoms with van der Waals surface area (Å²) in [6.07, 6.45) is 4.49. The zero-order valence-electron chi connectivity index (χ0n) is 18.1. The maximum Gasteiger partial charge on any atom is 0.303 e. The summed E-state index contributed by atoms with van der Waals surface area (Å²) >= 11 is 0. The van der Waals surface area contributed by atoms with E-state index in [0.29, 0.717) is 24.5 Å². The van der Waals surface area contributed by atoms with Crippen LogP contribution in [0.25, 0.3) is 17.2 Å². The zero-order chi connectivity index (χ0) is 22.8. The molecule has 0 heterocycles. The second-order valence-corrected chi connectivity index (χ2v) is 7.38. The van der Waals surface area contributed by atoms with Gasteiger partial charge in [0.25, 0.3) is 0 Å². The van der Waals surface area contributed by atoms with Crippen LogP contribution in [0, 0.1) is 0 Å². The number of aryl methyl sites for hydroxylation is 1. The summed E-state index contributed by atoms with van der Waals surface area (Å²) in [6, 6.07) is 23.5. The van der Waals surface area contributed by atoms with E-state index < -0.39 is 5.97 Å². The Morgan fingerprint density at radius 1 is 0.969 bits per heavy atom. The number of carboxylic acids is 1. The fourth-order valence-electron chi connectivity index (χ4n) is 3.18. The number of ether oxygens (including phenoxy) is 1. The van der Waals surface area contributed by atoms with Crippen LogP contribution in [0.5, 0.6) is 5.75 Å². The molecular formula is C27H27NO4. The van der Waals surface area contributed by atoms with E-state index in [1.165, 1.54) is 6.08 Å². The largest absolute Gasteiger partial charge is 0.491 e. The fraction of sp³-hybridized carbons (Fsp3) is 0.185. The van der Waals surface area contributed by atoms with E-state index in [0.717, 1.165) is 28.7 Å². The molecule has 0 aliphatic carbocycles. The van der Waals surface area contributed by atoms with Gasteiger partial charge in [-0.1, -0.05) is 67.6 Å². The Bertz CT molecular complexity index is 1070. The molecule has 0 aliphatic rings. The van der Waals surface area contributed by atoms with Crippen LogP contribution in [0.4, 0.5) is 5.69 Å². The molecule has 32 heavy (non-hydrogen) atoms. The van der Waals surface area contributed by atoms with Gasteiger partial charge in [0.15, 0.2) is 0 Å². The van der Waals surface area contributed by atoms with Gasteiger partial charge in [0.05, 0.1) is 12.3 Å². The van der Waals surface area contributed by atoms with Gasteiger partial charge in [-0.05, 0) is 53.3 Å². The molecule has 0 saturated carbocycles.